The van der Waals surface area contributed by atoms with Gasteiger partial charge in [-0.1, -0.05) is 53.7 Å². The number of carbonyl (C=O) groups excluding carboxylic acids is 1. The van der Waals surface area contributed by atoms with Gasteiger partial charge in [0.2, 0.25) is 5.91 Å². The van der Waals surface area contributed by atoms with E-state index in [4.69, 9.17) is 11.6 Å². The Bertz CT molecular complexity index is 1580. The van der Waals surface area contributed by atoms with E-state index in [0.717, 1.165) is 22.2 Å². The minimum Gasteiger partial charge on any atom is -0.311 e. The Labute approximate surface area is 203 Å². The van der Waals surface area contributed by atoms with Crippen LogP contribution in [0.3, 0.4) is 0 Å². The summed E-state index contributed by atoms with van der Waals surface area (Å²) in [6.45, 7) is 0.618. The van der Waals surface area contributed by atoms with Gasteiger partial charge in [-0.3, -0.25) is 18.7 Å². The summed E-state index contributed by atoms with van der Waals surface area (Å²) in [7, 11) is 2.97. The molecule has 172 valence electrons. The number of hydrogen-bond donors (Lipinski definition) is 0. The van der Waals surface area contributed by atoms with Crippen LogP contribution in [0.1, 0.15) is 5.56 Å². The van der Waals surface area contributed by atoms with Crippen molar-refractivity contribution in [3.05, 3.63) is 80.0 Å². The van der Waals surface area contributed by atoms with E-state index in [1.807, 2.05) is 24.3 Å². The predicted octanol–water partition coefficient (Wildman–Crippen LogP) is 3.03. The summed E-state index contributed by atoms with van der Waals surface area (Å²) in [6.07, 6.45) is 0.810. The topological polar surface area (TPSA) is 90.1 Å². The van der Waals surface area contributed by atoms with Crippen LogP contribution in [-0.2, 0) is 25.3 Å². The Hall–Kier alpha value is -3.43. The lowest BCUT2D eigenvalue weighted by Crippen LogP contribution is -2.37. The molecule has 1 aliphatic rings. The zero-order chi connectivity index (χ0) is 24.0. The number of fused-ring (bicyclic) bond motifs is 2. The molecule has 0 atom stereocenters. The summed E-state index contributed by atoms with van der Waals surface area (Å²) in [5, 5.41) is 1.06. The number of rotatable bonds is 4. The predicted molar refractivity (Wildman–Crippen MR) is 134 cm³/mol. The molecule has 4 aromatic rings. The largest absolute Gasteiger partial charge is 0.332 e. The quantitative estimate of drug-likeness (QED) is 0.320. The van der Waals surface area contributed by atoms with E-state index in [1.165, 1.54) is 23.4 Å². The molecule has 0 spiro atoms. The van der Waals surface area contributed by atoms with Gasteiger partial charge in [0.05, 0.1) is 5.75 Å². The number of thioether (sulfide) groups is 1. The second kappa shape index (κ2) is 8.73. The van der Waals surface area contributed by atoms with Crippen LogP contribution in [-0.4, -0.2) is 37.3 Å². The average Bonchev–Trinajstić information content (AvgIpc) is 3.28. The van der Waals surface area contributed by atoms with E-state index in [-0.39, 0.29) is 22.7 Å². The molecule has 0 saturated carbocycles. The monoisotopic (exact) mass is 493 g/mol. The van der Waals surface area contributed by atoms with Gasteiger partial charge in [-0.15, -0.1) is 0 Å². The lowest BCUT2D eigenvalue weighted by molar-refractivity contribution is -0.116. The smallest absolute Gasteiger partial charge is 0.311 e. The van der Waals surface area contributed by atoms with Crippen LogP contribution in [0.25, 0.3) is 22.4 Å². The number of nitrogens with zero attached hydrogens (tertiary/aromatic N) is 5. The van der Waals surface area contributed by atoms with E-state index >= 15 is 0 Å². The van der Waals surface area contributed by atoms with Crippen molar-refractivity contribution in [3.63, 3.8) is 0 Å². The normalized spacial score (nSPS) is 12.9. The Morgan fingerprint density at radius 3 is 2.65 bits per heavy atom. The van der Waals surface area contributed by atoms with Crippen molar-refractivity contribution in [2.75, 3.05) is 17.2 Å². The molecule has 2 aromatic carbocycles. The number of aryl methyl sites for hydroxylation is 1. The first kappa shape index (κ1) is 22.4. The van der Waals surface area contributed by atoms with Crippen LogP contribution in [0.2, 0.25) is 5.02 Å². The van der Waals surface area contributed by atoms with Crippen molar-refractivity contribution < 1.29 is 4.79 Å². The molecule has 0 aliphatic carbocycles. The van der Waals surface area contributed by atoms with Crippen LogP contribution in [0.4, 0.5) is 5.69 Å². The number of carbonyl (C=O) groups is 1. The number of benzene rings is 2. The third-order valence-electron chi connectivity index (χ3n) is 5.87. The summed E-state index contributed by atoms with van der Waals surface area (Å²) in [4.78, 5) is 49.6. The zero-order valence-electron chi connectivity index (χ0n) is 18.5. The highest BCUT2D eigenvalue weighted by molar-refractivity contribution is 8.00. The highest BCUT2D eigenvalue weighted by atomic mass is 35.5. The van der Waals surface area contributed by atoms with Gasteiger partial charge in [-0.2, -0.15) is 0 Å². The molecule has 1 aliphatic heterocycles. The number of aromatic nitrogens is 4. The van der Waals surface area contributed by atoms with Crippen molar-refractivity contribution in [2.45, 2.75) is 11.4 Å². The van der Waals surface area contributed by atoms with E-state index in [2.05, 4.69) is 9.97 Å². The summed E-state index contributed by atoms with van der Waals surface area (Å²) in [6, 6.07) is 14.9. The maximum absolute atomic E-state index is 13.1. The van der Waals surface area contributed by atoms with Gasteiger partial charge in [-0.25, -0.2) is 14.8 Å². The second-order valence-corrected chi connectivity index (χ2v) is 9.38. The average molecular weight is 494 g/mol. The fourth-order valence-corrected chi connectivity index (χ4v) is 5.18. The minimum absolute atomic E-state index is 0.0762. The molecule has 0 unspecified atom stereocenters. The van der Waals surface area contributed by atoms with Crippen molar-refractivity contribution >= 4 is 46.0 Å². The molecule has 34 heavy (non-hydrogen) atoms. The second-order valence-electron chi connectivity index (χ2n) is 7.98. The molecule has 0 saturated heterocycles. The lowest BCUT2D eigenvalue weighted by atomic mass is 10.2. The molecule has 5 rings (SSSR count). The Morgan fingerprint density at radius 1 is 1.06 bits per heavy atom. The SMILES string of the molecule is Cn1c(=O)c2c(SCC(=O)N3CCc4ccccc43)nc(-c3cccc(Cl)c3)nc2n(C)c1=O. The standard InChI is InChI=1S/C24H20ClN5O3S/c1-28-21-19(23(32)29(2)24(28)33)22(27-20(26-21)15-7-5-8-16(25)12-15)34-13-18(31)30-11-10-14-6-3-4-9-17(14)30/h3-9,12H,10-11,13H2,1-2H3. The maximum Gasteiger partial charge on any atom is 0.332 e. The molecule has 2 aromatic heterocycles. The minimum atomic E-state index is -0.503. The fourth-order valence-electron chi connectivity index (χ4n) is 4.10. The molecule has 0 N–H and O–H groups in total. The van der Waals surface area contributed by atoms with Gasteiger partial charge in [0.25, 0.3) is 5.56 Å². The number of amides is 1. The van der Waals surface area contributed by atoms with Gasteiger partial charge in [-0.05, 0) is 30.2 Å². The molecule has 0 radical (unpaired) electrons. The first-order valence-electron chi connectivity index (χ1n) is 10.6. The van der Waals surface area contributed by atoms with Gasteiger partial charge < -0.3 is 4.90 Å². The molecule has 1 amide bonds. The number of halogens is 1. The highest BCUT2D eigenvalue weighted by Crippen LogP contribution is 2.30. The van der Waals surface area contributed by atoms with Gasteiger partial charge >= 0.3 is 5.69 Å². The van der Waals surface area contributed by atoms with Crippen LogP contribution in [0.5, 0.6) is 0 Å². The Kier molecular flexibility index (Phi) is 5.75. The molecular formula is C24H20ClN5O3S. The first-order chi connectivity index (χ1) is 16.3. The van der Waals surface area contributed by atoms with Gasteiger partial charge in [0, 0.05) is 36.9 Å². The van der Waals surface area contributed by atoms with E-state index < -0.39 is 11.2 Å². The number of para-hydroxylation sites is 1. The first-order valence-corrected chi connectivity index (χ1v) is 12.0. The summed E-state index contributed by atoms with van der Waals surface area (Å²) >= 11 is 7.32. The maximum atomic E-state index is 13.1. The molecule has 8 nitrogen and oxygen atoms in total. The summed E-state index contributed by atoms with van der Waals surface area (Å²) < 4.78 is 2.34. The molecule has 10 heteroatoms. The van der Waals surface area contributed by atoms with Crippen molar-refractivity contribution in [1.29, 1.82) is 0 Å². The van der Waals surface area contributed by atoms with Crippen molar-refractivity contribution in [3.8, 4) is 11.4 Å². The Morgan fingerprint density at radius 2 is 1.85 bits per heavy atom. The third-order valence-corrected chi connectivity index (χ3v) is 7.07. The van der Waals surface area contributed by atoms with E-state index in [9.17, 15) is 14.4 Å². The van der Waals surface area contributed by atoms with Crippen LogP contribution in [0, 0.1) is 0 Å². The third kappa shape index (κ3) is 3.80. The van der Waals surface area contributed by atoms with E-state index in [0.29, 0.717) is 28.0 Å². The number of hydrogen-bond acceptors (Lipinski definition) is 6. The van der Waals surface area contributed by atoms with Crippen LogP contribution in [0.15, 0.2) is 63.1 Å². The molecule has 0 fully saturated rings. The van der Waals surface area contributed by atoms with Crippen LogP contribution < -0.4 is 16.1 Å². The summed E-state index contributed by atoms with van der Waals surface area (Å²) in [5.41, 5.74) is 1.91. The fraction of sp³-hybridized carbons (Fsp3) is 0.208. The van der Waals surface area contributed by atoms with Crippen molar-refractivity contribution in [2.24, 2.45) is 14.1 Å². The highest BCUT2D eigenvalue weighted by Gasteiger charge is 2.25. The van der Waals surface area contributed by atoms with Crippen molar-refractivity contribution in [1.82, 2.24) is 19.1 Å². The lowest BCUT2D eigenvalue weighted by Gasteiger charge is -2.17. The summed E-state index contributed by atoms with van der Waals surface area (Å²) in [5.74, 6) is 0.328. The Balaban J connectivity index is 1.58. The van der Waals surface area contributed by atoms with E-state index in [1.54, 1.807) is 36.2 Å². The molecule has 3 heterocycles. The molecule has 0 bridgehead atoms. The van der Waals surface area contributed by atoms with Crippen LogP contribution >= 0.6 is 23.4 Å². The van der Waals surface area contributed by atoms with Gasteiger partial charge in [0.15, 0.2) is 11.5 Å². The number of anilines is 1. The zero-order valence-corrected chi connectivity index (χ0v) is 20.1. The van der Waals surface area contributed by atoms with Gasteiger partial charge in [0.1, 0.15) is 10.4 Å². The molecular weight excluding hydrogens is 474 g/mol.